The molecule has 6 N–H and O–H groups in total. The van der Waals surface area contributed by atoms with Crippen molar-refractivity contribution in [2.75, 3.05) is 6.54 Å². The van der Waals surface area contributed by atoms with E-state index in [1.165, 1.54) is 12.1 Å². The second kappa shape index (κ2) is 14.9. The van der Waals surface area contributed by atoms with Crippen LogP contribution >= 0.6 is 0 Å². The Labute approximate surface area is 231 Å². The van der Waals surface area contributed by atoms with E-state index in [1.54, 1.807) is 12.1 Å². The molecule has 0 bridgehead atoms. The van der Waals surface area contributed by atoms with Crippen LogP contribution in [0.3, 0.4) is 0 Å². The lowest BCUT2D eigenvalue weighted by Crippen LogP contribution is -2.48. The van der Waals surface area contributed by atoms with Crippen molar-refractivity contribution in [2.45, 2.75) is 44.6 Å². The monoisotopic (exact) mass is 533 g/mol. The largest absolute Gasteiger partial charge is 0.508 e. The number of aliphatic imine (C=N–C) groups is 1. The molecule has 39 heavy (non-hydrogen) atoms. The minimum atomic E-state index is -1.26. The number of hydrogen-bond donors (Lipinski definition) is 5. The van der Waals surface area contributed by atoms with Gasteiger partial charge in [0.15, 0.2) is 5.96 Å². The molecule has 2 atom stereocenters. The van der Waals surface area contributed by atoms with E-state index in [1.807, 2.05) is 60.7 Å². The first-order chi connectivity index (χ1) is 19.8. The molecule has 0 aromatic heterocycles. The molecule has 3 rings (SSSR count). The van der Waals surface area contributed by atoms with Gasteiger partial charge in [0.25, 0.3) is 0 Å². The summed E-state index contributed by atoms with van der Waals surface area (Å²) < 4.78 is 14.6. The van der Waals surface area contributed by atoms with E-state index in [0.29, 0.717) is 6.42 Å². The number of amides is 3. The van der Waals surface area contributed by atoms with Crippen molar-refractivity contribution in [3.05, 3.63) is 102 Å². The summed E-state index contributed by atoms with van der Waals surface area (Å²) in [5.74, 6) is -2.13. The maximum atomic E-state index is 13.7. The van der Waals surface area contributed by atoms with Gasteiger partial charge in [-0.05, 0) is 41.7 Å². The summed E-state index contributed by atoms with van der Waals surface area (Å²) in [5, 5.41) is 17.6. The number of guanidine groups is 1. The average Bonchev–Trinajstić information content (AvgIpc) is 2.99. The number of nitrogens with one attached hydrogen (secondary N) is 3. The molecular weight excluding hydrogens is 494 g/mol. The zero-order chi connectivity index (χ0) is 29.6. The topological polar surface area (TPSA) is 146 Å². The highest BCUT2D eigenvalue weighted by Crippen LogP contribution is 2.25. The Hall–Kier alpha value is -4.66. The van der Waals surface area contributed by atoms with Gasteiger partial charge in [0, 0.05) is 22.2 Å². The molecule has 0 saturated carbocycles. The van der Waals surface area contributed by atoms with E-state index in [9.17, 15) is 19.5 Å². The summed E-state index contributed by atoms with van der Waals surface area (Å²) in [6, 6.07) is 24.2. The summed E-state index contributed by atoms with van der Waals surface area (Å²) in [6.07, 6.45) is -0.664. The molecule has 0 aliphatic heterocycles. The molecule has 9 nitrogen and oxygen atoms in total. The van der Waals surface area contributed by atoms with Crippen molar-refractivity contribution >= 4 is 23.7 Å². The molecule has 3 amide bonds. The number of nitrogens with two attached hydrogens (primary N) is 1. The Morgan fingerprint density at radius 1 is 0.949 bits per heavy atom. The number of hydrogen-bond acceptors (Lipinski definition) is 5. The van der Waals surface area contributed by atoms with Crippen molar-refractivity contribution < 1.29 is 22.2 Å². The SMILES string of the molecule is [3H]CC([3H])C(=O)NC(N)=NCCC[C@@H](NC(=O)C(c1ccccc1)c1ccccc1)C(=O)NCc1ccc(O)cc1. The molecular formula is C30H35N5O4. The average molecular weight is 534 g/mol. The molecule has 0 spiro atoms. The molecule has 204 valence electrons. The number of phenols is 1. The van der Waals surface area contributed by atoms with E-state index in [2.05, 4.69) is 20.9 Å². The number of nitrogens with zero attached hydrogens (tertiary/aromatic N) is 1. The van der Waals surface area contributed by atoms with Crippen molar-refractivity contribution in [1.29, 1.82) is 0 Å². The molecule has 0 saturated heterocycles. The molecule has 1 unspecified atom stereocenters. The normalized spacial score (nSPS) is 13.5. The molecule has 0 heterocycles. The van der Waals surface area contributed by atoms with Gasteiger partial charge in [-0.15, -0.1) is 0 Å². The molecule has 0 aliphatic carbocycles. The number of carbonyl (C=O) groups is 3. The van der Waals surface area contributed by atoms with Crippen LogP contribution in [0.2, 0.25) is 0 Å². The van der Waals surface area contributed by atoms with Crippen LogP contribution in [-0.4, -0.2) is 41.4 Å². The molecule has 3 aromatic carbocycles. The highest BCUT2D eigenvalue weighted by atomic mass is 16.3. The third-order valence-electron chi connectivity index (χ3n) is 5.93. The smallest absolute Gasteiger partial charge is 0.242 e. The molecule has 3 aromatic rings. The van der Waals surface area contributed by atoms with Crippen LogP contribution in [0.4, 0.5) is 0 Å². The minimum Gasteiger partial charge on any atom is -0.508 e. The first-order valence-corrected chi connectivity index (χ1v) is 12.6. The maximum absolute atomic E-state index is 13.7. The van der Waals surface area contributed by atoms with Gasteiger partial charge in [-0.1, -0.05) is 79.7 Å². The maximum Gasteiger partial charge on any atom is 0.242 e. The molecule has 0 radical (unpaired) electrons. The van der Waals surface area contributed by atoms with Gasteiger partial charge < -0.3 is 21.5 Å². The van der Waals surface area contributed by atoms with Gasteiger partial charge in [-0.3, -0.25) is 24.7 Å². The van der Waals surface area contributed by atoms with Crippen LogP contribution in [0.15, 0.2) is 89.9 Å². The molecule has 9 heteroatoms. The molecule has 0 fully saturated rings. The summed E-state index contributed by atoms with van der Waals surface area (Å²) in [4.78, 5) is 42.8. The lowest BCUT2D eigenvalue weighted by atomic mass is 9.90. The Morgan fingerprint density at radius 3 is 2.15 bits per heavy atom. The van der Waals surface area contributed by atoms with Crippen LogP contribution in [0, 0.1) is 0 Å². The highest BCUT2D eigenvalue weighted by molar-refractivity contribution is 5.96. The fourth-order valence-electron chi connectivity index (χ4n) is 3.95. The van der Waals surface area contributed by atoms with Gasteiger partial charge in [-0.25, -0.2) is 0 Å². The van der Waals surface area contributed by atoms with Crippen molar-refractivity contribution in [1.82, 2.24) is 16.0 Å². The number of aromatic hydroxyl groups is 1. The Balaban J connectivity index is 1.73. The van der Waals surface area contributed by atoms with Crippen LogP contribution in [0.25, 0.3) is 0 Å². The van der Waals surface area contributed by atoms with Gasteiger partial charge >= 0.3 is 0 Å². The van der Waals surface area contributed by atoms with Crippen molar-refractivity contribution in [2.24, 2.45) is 10.7 Å². The number of benzene rings is 3. The van der Waals surface area contributed by atoms with Crippen LogP contribution in [0.5, 0.6) is 5.75 Å². The number of phenolic OH excluding ortho intramolecular Hbond substituents is 1. The lowest BCUT2D eigenvalue weighted by Gasteiger charge is -2.23. The fraction of sp³-hybridized carbons (Fsp3) is 0.267. The summed E-state index contributed by atoms with van der Waals surface area (Å²) in [7, 11) is 0. The van der Waals surface area contributed by atoms with E-state index >= 15 is 0 Å². The third kappa shape index (κ3) is 9.30. The first-order valence-electron chi connectivity index (χ1n) is 13.8. The zero-order valence-electron chi connectivity index (χ0n) is 23.5. The molecule has 0 aliphatic rings. The van der Waals surface area contributed by atoms with E-state index in [0.717, 1.165) is 16.7 Å². The third-order valence-corrected chi connectivity index (χ3v) is 5.93. The minimum absolute atomic E-state index is 0.118. The Kier molecular flexibility index (Phi) is 9.94. The Bertz CT molecular complexity index is 1270. The fourth-order valence-corrected chi connectivity index (χ4v) is 3.95. The van der Waals surface area contributed by atoms with Crippen molar-refractivity contribution in [3.8, 4) is 5.75 Å². The highest BCUT2D eigenvalue weighted by Gasteiger charge is 2.27. The second-order valence-electron chi connectivity index (χ2n) is 8.80. The van der Waals surface area contributed by atoms with Crippen LogP contribution in [-0.2, 0) is 20.9 Å². The predicted molar refractivity (Wildman–Crippen MR) is 151 cm³/mol. The summed E-state index contributed by atoms with van der Waals surface area (Å²) in [6.45, 7) is -0.0333. The van der Waals surface area contributed by atoms with Gasteiger partial charge in [-0.2, -0.15) is 0 Å². The van der Waals surface area contributed by atoms with E-state index in [-0.39, 0.29) is 43.0 Å². The predicted octanol–water partition coefficient (Wildman–Crippen LogP) is 2.95. The summed E-state index contributed by atoms with van der Waals surface area (Å²) >= 11 is 0. The Morgan fingerprint density at radius 2 is 1.56 bits per heavy atom. The number of rotatable bonds is 12. The van der Waals surface area contributed by atoms with Crippen LogP contribution in [0.1, 0.15) is 51.5 Å². The first kappa shape index (κ1) is 26.0. The lowest BCUT2D eigenvalue weighted by molar-refractivity contribution is -0.129. The number of carbonyl (C=O) groups excluding carboxylic acids is 3. The van der Waals surface area contributed by atoms with Gasteiger partial charge in [0.05, 0.1) is 5.92 Å². The zero-order valence-corrected chi connectivity index (χ0v) is 21.5. The summed E-state index contributed by atoms with van der Waals surface area (Å²) in [5.41, 5.74) is 8.07. The van der Waals surface area contributed by atoms with Gasteiger partial charge in [0.2, 0.25) is 17.7 Å². The van der Waals surface area contributed by atoms with E-state index in [4.69, 9.17) is 8.48 Å². The standard InChI is InChI=1S/C30H35N5O4/c1-2-26(37)35-30(31)32-19-9-14-25(28(38)33-20-21-15-17-24(36)18-16-21)34-29(39)27(22-10-5-3-6-11-22)23-12-7-4-8-13-23/h3-8,10-13,15-18,25,27,36H,2,9,14,19-20H2,1H3,(H,33,38)(H,34,39)(H3,31,32,35,37)/t25-/m1/s1/i1T,2T/t2?,25-. The van der Waals surface area contributed by atoms with Crippen molar-refractivity contribution in [3.63, 3.8) is 0 Å². The quantitative estimate of drug-likeness (QED) is 0.138. The second-order valence-corrected chi connectivity index (χ2v) is 8.80. The van der Waals surface area contributed by atoms with E-state index < -0.39 is 31.2 Å². The van der Waals surface area contributed by atoms with Crippen LogP contribution < -0.4 is 21.7 Å². The van der Waals surface area contributed by atoms with Gasteiger partial charge in [0.1, 0.15) is 11.8 Å².